The number of hydrogen-bond donors (Lipinski definition) is 2. The molecule has 5 nitrogen and oxygen atoms in total. The van der Waals surface area contributed by atoms with Crippen molar-refractivity contribution in [3.63, 3.8) is 0 Å². The van der Waals surface area contributed by atoms with Gasteiger partial charge in [0.15, 0.2) is 0 Å². The number of aromatic nitrogens is 1. The van der Waals surface area contributed by atoms with E-state index in [1.165, 1.54) is 12.3 Å². The fraction of sp³-hybridized carbons (Fsp3) is 0.500. The van der Waals surface area contributed by atoms with Crippen LogP contribution in [0.5, 0.6) is 0 Å². The van der Waals surface area contributed by atoms with E-state index in [9.17, 15) is 18.0 Å². The molecule has 0 aliphatic rings. The molecule has 0 saturated heterocycles. The number of nitrogen functional groups attached to an aromatic ring is 1. The highest BCUT2D eigenvalue weighted by molar-refractivity contribution is 5.95. The lowest BCUT2D eigenvalue weighted by Gasteiger charge is -2.11. The average molecular weight is 291 g/mol. The minimum Gasteiger partial charge on any atom is -0.462 e. The normalized spacial score (nSPS) is 11.2. The highest BCUT2D eigenvalue weighted by Gasteiger charge is 2.26. The van der Waals surface area contributed by atoms with Crippen LogP contribution in [0.25, 0.3) is 0 Å². The number of nitrogens with zero attached hydrogens (tertiary/aromatic N) is 1. The van der Waals surface area contributed by atoms with Gasteiger partial charge in [-0.25, -0.2) is 9.78 Å². The summed E-state index contributed by atoms with van der Waals surface area (Å²) < 4.78 is 40.9. The van der Waals surface area contributed by atoms with Crippen LogP contribution < -0.4 is 11.1 Å². The van der Waals surface area contributed by atoms with Crippen LogP contribution in [0.15, 0.2) is 12.3 Å². The smallest absolute Gasteiger partial charge is 0.389 e. The first-order chi connectivity index (χ1) is 9.33. The molecule has 3 N–H and O–H groups in total. The van der Waals surface area contributed by atoms with Crippen LogP contribution in [0, 0.1) is 0 Å². The lowest BCUT2D eigenvalue weighted by Crippen LogP contribution is -2.15. The van der Waals surface area contributed by atoms with Gasteiger partial charge in [0.1, 0.15) is 11.4 Å². The summed E-state index contributed by atoms with van der Waals surface area (Å²) in [4.78, 5) is 15.6. The zero-order valence-electron chi connectivity index (χ0n) is 11.0. The quantitative estimate of drug-likeness (QED) is 0.622. The van der Waals surface area contributed by atoms with Crippen molar-refractivity contribution in [2.75, 3.05) is 24.2 Å². The van der Waals surface area contributed by atoms with Gasteiger partial charge in [-0.05, 0) is 19.4 Å². The second kappa shape index (κ2) is 6.97. The molecule has 112 valence electrons. The summed E-state index contributed by atoms with van der Waals surface area (Å²) in [5.74, 6) is -0.453. The first-order valence-electron chi connectivity index (χ1n) is 6.06. The van der Waals surface area contributed by atoms with E-state index in [4.69, 9.17) is 10.5 Å². The van der Waals surface area contributed by atoms with Gasteiger partial charge in [0.25, 0.3) is 0 Å². The SMILES string of the molecule is CCOC(=O)c1cc(N)cnc1NCCCC(F)(F)F. The minimum absolute atomic E-state index is 0.0445. The van der Waals surface area contributed by atoms with E-state index in [1.807, 2.05) is 0 Å². The predicted octanol–water partition coefficient (Wildman–Crippen LogP) is 2.59. The first kappa shape index (κ1) is 16.1. The van der Waals surface area contributed by atoms with Crippen LogP contribution in [0.2, 0.25) is 0 Å². The Labute approximate surface area is 114 Å². The lowest BCUT2D eigenvalue weighted by molar-refractivity contribution is -0.134. The van der Waals surface area contributed by atoms with Gasteiger partial charge in [0.2, 0.25) is 0 Å². The minimum atomic E-state index is -4.19. The third-order valence-corrected chi connectivity index (χ3v) is 2.33. The highest BCUT2D eigenvalue weighted by atomic mass is 19.4. The maximum Gasteiger partial charge on any atom is 0.389 e. The number of carbonyl (C=O) groups excluding carboxylic acids is 1. The Balaban J connectivity index is 2.67. The Bertz CT molecular complexity index is 464. The van der Waals surface area contributed by atoms with Crippen LogP contribution in [0.1, 0.15) is 30.1 Å². The van der Waals surface area contributed by atoms with Crippen LogP contribution in [0.4, 0.5) is 24.7 Å². The van der Waals surface area contributed by atoms with Crippen LogP contribution in [0.3, 0.4) is 0 Å². The van der Waals surface area contributed by atoms with Crippen molar-refractivity contribution in [2.24, 2.45) is 0 Å². The van der Waals surface area contributed by atoms with E-state index in [-0.39, 0.29) is 36.6 Å². The molecule has 0 radical (unpaired) electrons. The van der Waals surface area contributed by atoms with Crippen molar-refractivity contribution in [3.05, 3.63) is 17.8 Å². The van der Waals surface area contributed by atoms with Crippen molar-refractivity contribution < 1.29 is 22.7 Å². The van der Waals surface area contributed by atoms with E-state index in [1.54, 1.807) is 6.92 Å². The summed E-state index contributed by atoms with van der Waals surface area (Å²) >= 11 is 0. The topological polar surface area (TPSA) is 77.2 Å². The van der Waals surface area contributed by atoms with E-state index in [0.717, 1.165) is 0 Å². The second-order valence-electron chi connectivity index (χ2n) is 4.03. The second-order valence-corrected chi connectivity index (χ2v) is 4.03. The van der Waals surface area contributed by atoms with Crippen LogP contribution in [-0.2, 0) is 4.74 Å². The zero-order chi connectivity index (χ0) is 15.2. The number of esters is 1. The Morgan fingerprint density at radius 2 is 2.20 bits per heavy atom. The molecule has 0 aliphatic heterocycles. The summed E-state index contributed by atoms with van der Waals surface area (Å²) in [5, 5.41) is 2.68. The third-order valence-electron chi connectivity index (χ3n) is 2.33. The lowest BCUT2D eigenvalue weighted by atomic mass is 10.2. The number of anilines is 2. The van der Waals surface area contributed by atoms with Gasteiger partial charge in [-0.1, -0.05) is 0 Å². The summed E-state index contributed by atoms with van der Waals surface area (Å²) in [7, 11) is 0. The van der Waals surface area contributed by atoms with E-state index < -0.39 is 18.6 Å². The summed E-state index contributed by atoms with van der Waals surface area (Å²) in [5.41, 5.74) is 5.91. The number of pyridine rings is 1. The maximum atomic E-state index is 12.0. The molecule has 1 aromatic heterocycles. The highest BCUT2D eigenvalue weighted by Crippen LogP contribution is 2.22. The molecule has 8 heteroatoms. The summed E-state index contributed by atoms with van der Waals surface area (Å²) in [6.07, 6.45) is -3.89. The van der Waals surface area contributed by atoms with Crippen molar-refractivity contribution in [3.8, 4) is 0 Å². The van der Waals surface area contributed by atoms with Crippen molar-refractivity contribution in [2.45, 2.75) is 25.9 Å². The standard InChI is InChI=1S/C12H16F3N3O2/c1-2-20-11(19)9-6-8(16)7-18-10(9)17-5-3-4-12(13,14)15/h6-7H,2-5,16H2,1H3,(H,17,18). The third kappa shape index (κ3) is 5.33. The van der Waals surface area contributed by atoms with Crippen LogP contribution in [-0.4, -0.2) is 30.3 Å². The number of nitrogens with one attached hydrogen (secondary N) is 1. The number of rotatable bonds is 6. The maximum absolute atomic E-state index is 12.0. The molecule has 0 unspecified atom stereocenters. The Kier molecular flexibility index (Phi) is 5.60. The molecule has 0 spiro atoms. The zero-order valence-corrected chi connectivity index (χ0v) is 11.0. The number of alkyl halides is 3. The molecule has 0 bridgehead atoms. The average Bonchev–Trinajstić information content (AvgIpc) is 2.35. The van der Waals surface area contributed by atoms with Gasteiger partial charge < -0.3 is 15.8 Å². The Morgan fingerprint density at radius 1 is 1.50 bits per heavy atom. The molecule has 1 rings (SSSR count). The van der Waals surface area contributed by atoms with Gasteiger partial charge in [-0.15, -0.1) is 0 Å². The number of halogens is 3. The molecule has 0 amide bonds. The molecule has 0 saturated carbocycles. The van der Waals surface area contributed by atoms with Gasteiger partial charge in [0, 0.05) is 13.0 Å². The molecule has 1 heterocycles. The van der Waals surface area contributed by atoms with Gasteiger partial charge >= 0.3 is 12.1 Å². The number of ether oxygens (including phenoxy) is 1. The number of nitrogens with two attached hydrogens (primary N) is 1. The van der Waals surface area contributed by atoms with Gasteiger partial charge in [-0.3, -0.25) is 0 Å². The summed E-state index contributed by atoms with van der Waals surface area (Å²) in [6.45, 7) is 1.87. The molecular formula is C12H16F3N3O2. The van der Waals surface area contributed by atoms with E-state index in [2.05, 4.69) is 10.3 Å². The monoisotopic (exact) mass is 291 g/mol. The van der Waals surface area contributed by atoms with Gasteiger partial charge in [0.05, 0.1) is 18.5 Å². The molecule has 0 aromatic carbocycles. The molecule has 0 atom stereocenters. The molecule has 20 heavy (non-hydrogen) atoms. The first-order valence-corrected chi connectivity index (χ1v) is 6.06. The Morgan fingerprint density at radius 3 is 2.80 bits per heavy atom. The van der Waals surface area contributed by atoms with Crippen molar-refractivity contribution >= 4 is 17.5 Å². The number of carbonyl (C=O) groups is 1. The molecular weight excluding hydrogens is 275 g/mol. The van der Waals surface area contributed by atoms with E-state index in [0.29, 0.717) is 0 Å². The fourth-order valence-corrected chi connectivity index (χ4v) is 1.48. The van der Waals surface area contributed by atoms with E-state index >= 15 is 0 Å². The number of hydrogen-bond acceptors (Lipinski definition) is 5. The molecule has 0 aliphatic carbocycles. The molecule has 1 aromatic rings. The van der Waals surface area contributed by atoms with Gasteiger partial charge in [-0.2, -0.15) is 13.2 Å². The molecule has 0 fully saturated rings. The van der Waals surface area contributed by atoms with Crippen LogP contribution >= 0.6 is 0 Å². The fourth-order valence-electron chi connectivity index (χ4n) is 1.48. The van der Waals surface area contributed by atoms with Crippen molar-refractivity contribution in [1.29, 1.82) is 0 Å². The summed E-state index contributed by atoms with van der Waals surface area (Å²) in [6, 6.07) is 1.37. The predicted molar refractivity (Wildman–Crippen MR) is 68.4 cm³/mol. The Hall–Kier alpha value is -1.99. The van der Waals surface area contributed by atoms with Crippen molar-refractivity contribution in [1.82, 2.24) is 4.98 Å². The largest absolute Gasteiger partial charge is 0.462 e.